The van der Waals surface area contributed by atoms with Crippen LogP contribution in [-0.4, -0.2) is 58.1 Å². The van der Waals surface area contributed by atoms with E-state index in [1.54, 1.807) is 24.3 Å². The standard InChI is InChI=1S/C21H19BrN2O7/c22-15-6-4-13(5-7-15)18-17(19(26)14-2-1-3-16(12-14)24(29)30)20(27)21(28)23(18)8-10-31-11-9-25/h1-7,12,18,25-26H,8-11H2/b19-17+/t18-/m0/s1. The maximum atomic E-state index is 12.9. The van der Waals surface area contributed by atoms with Crippen molar-refractivity contribution in [2.75, 3.05) is 26.4 Å². The smallest absolute Gasteiger partial charge is 0.295 e. The van der Waals surface area contributed by atoms with Crippen molar-refractivity contribution in [3.63, 3.8) is 0 Å². The Hall–Kier alpha value is -3.08. The minimum atomic E-state index is -0.898. The summed E-state index contributed by atoms with van der Waals surface area (Å²) in [6, 6.07) is 11.2. The van der Waals surface area contributed by atoms with E-state index in [4.69, 9.17) is 9.84 Å². The van der Waals surface area contributed by atoms with Crippen LogP contribution in [0.5, 0.6) is 0 Å². The number of nitro groups is 1. The Kier molecular flexibility index (Phi) is 7.16. The number of Topliss-reactive ketones (excluding diaryl/α,β-unsaturated/α-hetero) is 1. The maximum absolute atomic E-state index is 12.9. The molecule has 0 aromatic heterocycles. The predicted molar refractivity (Wildman–Crippen MR) is 114 cm³/mol. The van der Waals surface area contributed by atoms with Crippen LogP contribution in [0.4, 0.5) is 5.69 Å². The molecule has 0 spiro atoms. The number of amides is 1. The first-order chi connectivity index (χ1) is 14.8. The summed E-state index contributed by atoms with van der Waals surface area (Å²) in [7, 11) is 0. The lowest BCUT2D eigenvalue weighted by Gasteiger charge is -2.25. The van der Waals surface area contributed by atoms with Crippen molar-refractivity contribution < 1.29 is 29.5 Å². The van der Waals surface area contributed by atoms with Crippen LogP contribution in [-0.2, 0) is 14.3 Å². The number of nitrogens with zero attached hydrogens (tertiary/aromatic N) is 2. The zero-order valence-electron chi connectivity index (χ0n) is 16.2. The maximum Gasteiger partial charge on any atom is 0.295 e. The summed E-state index contributed by atoms with van der Waals surface area (Å²) in [4.78, 5) is 37.4. The first kappa shape index (κ1) is 22.6. The summed E-state index contributed by atoms with van der Waals surface area (Å²) in [5.74, 6) is -2.19. The van der Waals surface area contributed by atoms with Gasteiger partial charge in [0.05, 0.1) is 36.4 Å². The fourth-order valence-corrected chi connectivity index (χ4v) is 3.62. The van der Waals surface area contributed by atoms with Crippen LogP contribution in [0, 0.1) is 10.1 Å². The highest BCUT2D eigenvalue weighted by molar-refractivity contribution is 9.10. The highest BCUT2D eigenvalue weighted by atomic mass is 79.9. The minimum Gasteiger partial charge on any atom is -0.507 e. The van der Waals surface area contributed by atoms with Gasteiger partial charge in [-0.2, -0.15) is 0 Å². The number of ether oxygens (including phenoxy) is 1. The van der Waals surface area contributed by atoms with Crippen LogP contribution >= 0.6 is 15.9 Å². The second-order valence-corrected chi connectivity index (χ2v) is 7.60. The van der Waals surface area contributed by atoms with E-state index in [1.807, 2.05) is 0 Å². The van der Waals surface area contributed by atoms with E-state index >= 15 is 0 Å². The molecule has 1 aliphatic heterocycles. The average molecular weight is 491 g/mol. The lowest BCUT2D eigenvalue weighted by Crippen LogP contribution is -2.33. The normalized spacial score (nSPS) is 17.9. The molecular weight excluding hydrogens is 472 g/mol. The quantitative estimate of drug-likeness (QED) is 0.145. The number of likely N-dealkylation sites (tertiary alicyclic amines) is 1. The van der Waals surface area contributed by atoms with E-state index in [1.165, 1.54) is 23.1 Å². The zero-order chi connectivity index (χ0) is 22.5. The number of rotatable bonds is 8. The van der Waals surface area contributed by atoms with Gasteiger partial charge < -0.3 is 19.8 Å². The summed E-state index contributed by atoms with van der Waals surface area (Å²) < 4.78 is 6.03. The average Bonchev–Trinajstić information content (AvgIpc) is 3.01. The number of halogens is 1. The lowest BCUT2D eigenvalue weighted by molar-refractivity contribution is -0.384. The van der Waals surface area contributed by atoms with Crippen molar-refractivity contribution in [3.05, 3.63) is 79.8 Å². The molecule has 2 aromatic carbocycles. The Labute approximate surface area is 185 Å². The molecule has 1 heterocycles. The number of benzene rings is 2. The lowest BCUT2D eigenvalue weighted by atomic mass is 9.95. The molecule has 0 unspecified atom stereocenters. The van der Waals surface area contributed by atoms with Gasteiger partial charge in [-0.15, -0.1) is 0 Å². The second-order valence-electron chi connectivity index (χ2n) is 6.69. The van der Waals surface area contributed by atoms with Crippen LogP contribution in [0.15, 0.2) is 58.6 Å². The van der Waals surface area contributed by atoms with Crippen molar-refractivity contribution in [2.45, 2.75) is 6.04 Å². The molecule has 0 bridgehead atoms. The highest BCUT2D eigenvalue weighted by Gasteiger charge is 2.45. The number of carbonyl (C=O) groups is 2. The number of hydrogen-bond acceptors (Lipinski definition) is 7. The molecule has 1 saturated heterocycles. The fourth-order valence-electron chi connectivity index (χ4n) is 3.35. The molecule has 1 amide bonds. The first-order valence-electron chi connectivity index (χ1n) is 9.32. The number of carbonyl (C=O) groups excluding carboxylic acids is 2. The van der Waals surface area contributed by atoms with Gasteiger partial charge in [-0.25, -0.2) is 0 Å². The van der Waals surface area contributed by atoms with E-state index in [-0.39, 0.29) is 43.2 Å². The van der Waals surface area contributed by atoms with E-state index in [0.29, 0.717) is 5.56 Å². The molecule has 31 heavy (non-hydrogen) atoms. The van der Waals surface area contributed by atoms with Crippen molar-refractivity contribution in [3.8, 4) is 0 Å². The topological polar surface area (TPSA) is 130 Å². The SMILES string of the molecule is O=C1C(=O)N(CCOCCO)[C@@H](c2ccc(Br)cc2)/C1=C(\O)c1cccc([N+](=O)[O-])c1. The zero-order valence-corrected chi connectivity index (χ0v) is 17.8. The van der Waals surface area contributed by atoms with Gasteiger partial charge in [-0.3, -0.25) is 19.7 Å². The van der Waals surface area contributed by atoms with Gasteiger partial charge in [0, 0.05) is 28.7 Å². The molecule has 0 saturated carbocycles. The number of aliphatic hydroxyl groups excluding tert-OH is 2. The fraction of sp³-hybridized carbons (Fsp3) is 0.238. The summed E-state index contributed by atoms with van der Waals surface area (Å²) in [5.41, 5.74) is 0.230. The van der Waals surface area contributed by atoms with Crippen LogP contribution in [0.25, 0.3) is 5.76 Å². The Bertz CT molecular complexity index is 1040. The highest BCUT2D eigenvalue weighted by Crippen LogP contribution is 2.39. The molecular formula is C21H19BrN2O7. The molecule has 0 radical (unpaired) electrons. The Morgan fingerprint density at radius 1 is 1.16 bits per heavy atom. The molecule has 1 aliphatic rings. The first-order valence-corrected chi connectivity index (χ1v) is 10.1. The minimum absolute atomic E-state index is 0.0526. The van der Waals surface area contributed by atoms with Crippen molar-refractivity contribution in [1.29, 1.82) is 0 Å². The van der Waals surface area contributed by atoms with E-state index < -0.39 is 28.4 Å². The summed E-state index contributed by atoms with van der Waals surface area (Å²) in [6.07, 6.45) is 0. The molecule has 9 nitrogen and oxygen atoms in total. The second kappa shape index (κ2) is 9.82. The monoisotopic (exact) mass is 490 g/mol. The number of hydrogen-bond donors (Lipinski definition) is 2. The van der Waals surface area contributed by atoms with Gasteiger partial charge in [0.15, 0.2) is 0 Å². The molecule has 0 aliphatic carbocycles. The summed E-state index contributed by atoms with van der Waals surface area (Å²) >= 11 is 3.34. The summed E-state index contributed by atoms with van der Waals surface area (Å²) in [5, 5.41) is 30.9. The van der Waals surface area contributed by atoms with Gasteiger partial charge >= 0.3 is 0 Å². The number of ketones is 1. The van der Waals surface area contributed by atoms with Gasteiger partial charge in [0.25, 0.3) is 17.4 Å². The molecule has 1 atom stereocenters. The number of non-ortho nitro benzene ring substituents is 1. The number of nitro benzene ring substituents is 1. The Morgan fingerprint density at radius 3 is 2.52 bits per heavy atom. The Balaban J connectivity index is 2.09. The third-order valence-corrected chi connectivity index (χ3v) is 5.30. The van der Waals surface area contributed by atoms with Gasteiger partial charge in [-0.1, -0.05) is 40.2 Å². The molecule has 162 valence electrons. The van der Waals surface area contributed by atoms with E-state index in [0.717, 1.165) is 10.5 Å². The van der Waals surface area contributed by atoms with Crippen LogP contribution in [0.2, 0.25) is 0 Å². The van der Waals surface area contributed by atoms with Gasteiger partial charge in [0.1, 0.15) is 5.76 Å². The number of aliphatic hydroxyl groups is 2. The largest absolute Gasteiger partial charge is 0.507 e. The van der Waals surface area contributed by atoms with Crippen LogP contribution < -0.4 is 0 Å². The molecule has 2 N–H and O–H groups in total. The van der Waals surface area contributed by atoms with Crippen molar-refractivity contribution in [1.82, 2.24) is 4.90 Å². The van der Waals surface area contributed by atoms with Crippen LogP contribution in [0.1, 0.15) is 17.2 Å². The third-order valence-electron chi connectivity index (χ3n) is 4.77. The summed E-state index contributed by atoms with van der Waals surface area (Å²) in [6.45, 7) is 0.0385. The van der Waals surface area contributed by atoms with Crippen molar-refractivity contribution in [2.24, 2.45) is 0 Å². The van der Waals surface area contributed by atoms with E-state index in [2.05, 4.69) is 15.9 Å². The molecule has 2 aromatic rings. The molecule has 10 heteroatoms. The third kappa shape index (κ3) is 4.82. The predicted octanol–water partition coefficient (Wildman–Crippen LogP) is 2.79. The molecule has 1 fully saturated rings. The van der Waals surface area contributed by atoms with Gasteiger partial charge in [0.2, 0.25) is 0 Å². The van der Waals surface area contributed by atoms with Gasteiger partial charge in [-0.05, 0) is 17.7 Å². The van der Waals surface area contributed by atoms with Crippen LogP contribution in [0.3, 0.4) is 0 Å². The molecule has 3 rings (SSSR count). The van der Waals surface area contributed by atoms with Crippen molar-refractivity contribution >= 4 is 39.1 Å². The Morgan fingerprint density at radius 2 is 1.87 bits per heavy atom. The van der Waals surface area contributed by atoms with E-state index in [9.17, 15) is 24.8 Å².